The van der Waals surface area contributed by atoms with Crippen LogP contribution in [0.4, 0.5) is 0 Å². The van der Waals surface area contributed by atoms with Crippen LogP contribution in [0.5, 0.6) is 0 Å². The highest BCUT2D eigenvalue weighted by molar-refractivity contribution is 5.92. The minimum Gasteiger partial charge on any atom is -0.451 e. The van der Waals surface area contributed by atoms with Gasteiger partial charge in [0, 0.05) is 6.04 Å². The molecule has 0 aliphatic heterocycles. The van der Waals surface area contributed by atoms with Crippen LogP contribution in [-0.4, -0.2) is 36.0 Å². The first-order valence-electron chi connectivity index (χ1n) is 10.1. The summed E-state index contributed by atoms with van der Waals surface area (Å²) in [6.45, 7) is 5.21. The van der Waals surface area contributed by atoms with Crippen molar-refractivity contribution in [3.05, 3.63) is 48.0 Å². The average molecular weight is 396 g/mol. The fraction of sp³-hybridized carbons (Fsp3) is 0.435. The molecule has 0 radical (unpaired) electrons. The van der Waals surface area contributed by atoms with Crippen LogP contribution in [-0.2, 0) is 25.5 Å². The van der Waals surface area contributed by atoms with Gasteiger partial charge in [0.05, 0.1) is 6.42 Å². The Morgan fingerprint density at radius 2 is 1.72 bits per heavy atom. The summed E-state index contributed by atoms with van der Waals surface area (Å²) in [7, 11) is 0. The molecule has 0 bridgehead atoms. The molecule has 29 heavy (non-hydrogen) atoms. The number of fused-ring (bicyclic) bond motifs is 1. The molecule has 0 heterocycles. The number of ether oxygens (including phenoxy) is 1. The number of carbonyl (C=O) groups is 3. The van der Waals surface area contributed by atoms with Crippen molar-refractivity contribution in [3.8, 4) is 0 Å². The Bertz CT molecular complexity index is 899. The average Bonchev–Trinajstić information content (AvgIpc) is 3.50. The van der Waals surface area contributed by atoms with Crippen molar-refractivity contribution in [1.82, 2.24) is 10.6 Å². The normalized spacial score (nSPS) is 15.6. The van der Waals surface area contributed by atoms with Gasteiger partial charge in [-0.15, -0.1) is 0 Å². The number of rotatable bonds is 8. The van der Waals surface area contributed by atoms with Crippen LogP contribution in [0.2, 0.25) is 0 Å². The second-order valence-corrected chi connectivity index (χ2v) is 7.97. The Kier molecular flexibility index (Phi) is 6.52. The smallest absolute Gasteiger partial charge is 0.329 e. The molecule has 2 atom stereocenters. The number of amides is 2. The third-order valence-electron chi connectivity index (χ3n) is 5.05. The van der Waals surface area contributed by atoms with Crippen LogP contribution in [0.1, 0.15) is 39.2 Å². The highest BCUT2D eigenvalue weighted by Gasteiger charge is 2.31. The topological polar surface area (TPSA) is 84.5 Å². The highest BCUT2D eigenvalue weighted by atomic mass is 16.5. The molecule has 0 spiro atoms. The highest BCUT2D eigenvalue weighted by Crippen LogP contribution is 2.20. The number of benzene rings is 2. The van der Waals surface area contributed by atoms with E-state index in [1.165, 1.54) is 0 Å². The van der Waals surface area contributed by atoms with Crippen molar-refractivity contribution >= 4 is 28.6 Å². The maximum atomic E-state index is 12.7. The van der Waals surface area contributed by atoms with Gasteiger partial charge in [0.15, 0.2) is 6.10 Å². The van der Waals surface area contributed by atoms with Crippen molar-refractivity contribution in [3.63, 3.8) is 0 Å². The lowest BCUT2D eigenvalue weighted by Gasteiger charge is -2.23. The van der Waals surface area contributed by atoms with Gasteiger partial charge in [-0.05, 0) is 42.0 Å². The fourth-order valence-corrected chi connectivity index (χ4v) is 3.19. The third-order valence-corrected chi connectivity index (χ3v) is 5.05. The summed E-state index contributed by atoms with van der Waals surface area (Å²) < 4.78 is 5.32. The molecule has 1 aliphatic carbocycles. The van der Waals surface area contributed by atoms with E-state index in [4.69, 9.17) is 4.74 Å². The summed E-state index contributed by atoms with van der Waals surface area (Å²) in [5.74, 6) is -1.32. The maximum Gasteiger partial charge on any atom is 0.329 e. The van der Waals surface area contributed by atoms with Crippen molar-refractivity contribution < 1.29 is 19.1 Å². The lowest BCUT2D eigenvalue weighted by molar-refractivity contribution is -0.158. The molecule has 0 saturated heterocycles. The van der Waals surface area contributed by atoms with Gasteiger partial charge < -0.3 is 15.4 Å². The Balaban J connectivity index is 1.62. The van der Waals surface area contributed by atoms with Gasteiger partial charge >= 0.3 is 5.97 Å². The van der Waals surface area contributed by atoms with Crippen LogP contribution in [0, 0.1) is 5.92 Å². The molecule has 6 nitrogen and oxygen atoms in total. The standard InChI is InChI=1S/C23H28N2O4/c1-14(2)21(23(28)29-15(3)22(27)24-18-11-12-18)25-20(26)13-17-9-6-8-16-7-4-5-10-19(16)17/h4-10,14-15,18,21H,11-13H2,1-3H3,(H,24,27)(H,25,26)/t15-,21+/m1/s1. The monoisotopic (exact) mass is 396 g/mol. The zero-order valence-electron chi connectivity index (χ0n) is 17.1. The predicted octanol–water partition coefficient (Wildman–Crippen LogP) is 2.73. The molecule has 0 unspecified atom stereocenters. The van der Waals surface area contributed by atoms with Gasteiger partial charge in [0.2, 0.25) is 5.91 Å². The molecule has 2 aromatic rings. The number of carbonyl (C=O) groups excluding carboxylic acids is 3. The zero-order chi connectivity index (χ0) is 21.0. The first kappa shape index (κ1) is 20.8. The summed E-state index contributed by atoms with van der Waals surface area (Å²) >= 11 is 0. The van der Waals surface area contributed by atoms with Gasteiger partial charge in [0.25, 0.3) is 5.91 Å². The first-order chi connectivity index (χ1) is 13.8. The summed E-state index contributed by atoms with van der Waals surface area (Å²) in [6.07, 6.45) is 1.20. The van der Waals surface area contributed by atoms with Crippen LogP contribution < -0.4 is 10.6 Å². The molecule has 1 saturated carbocycles. The first-order valence-corrected chi connectivity index (χ1v) is 10.1. The van der Waals surface area contributed by atoms with Crippen LogP contribution in [0.15, 0.2) is 42.5 Å². The summed E-state index contributed by atoms with van der Waals surface area (Å²) in [5, 5.41) is 7.67. The molecular formula is C23H28N2O4. The molecule has 1 fully saturated rings. The minimum atomic E-state index is -0.890. The van der Waals surface area contributed by atoms with E-state index in [1.54, 1.807) is 6.92 Å². The molecular weight excluding hydrogens is 368 g/mol. The fourth-order valence-electron chi connectivity index (χ4n) is 3.19. The number of esters is 1. The van der Waals surface area contributed by atoms with E-state index in [2.05, 4.69) is 10.6 Å². The van der Waals surface area contributed by atoms with Gasteiger partial charge in [-0.25, -0.2) is 4.79 Å². The molecule has 0 aromatic heterocycles. The van der Waals surface area contributed by atoms with Crippen molar-refractivity contribution in [2.24, 2.45) is 5.92 Å². The summed E-state index contributed by atoms with van der Waals surface area (Å²) in [4.78, 5) is 37.3. The van der Waals surface area contributed by atoms with E-state index in [1.807, 2.05) is 56.3 Å². The summed E-state index contributed by atoms with van der Waals surface area (Å²) in [6, 6.07) is 13.1. The van der Waals surface area contributed by atoms with Gasteiger partial charge in [-0.3, -0.25) is 9.59 Å². The van der Waals surface area contributed by atoms with Crippen molar-refractivity contribution in [2.75, 3.05) is 0 Å². The van der Waals surface area contributed by atoms with E-state index in [-0.39, 0.29) is 30.2 Å². The second kappa shape index (κ2) is 9.07. The molecule has 2 amide bonds. The molecule has 6 heteroatoms. The lowest BCUT2D eigenvalue weighted by Crippen LogP contribution is -2.48. The molecule has 154 valence electrons. The van der Waals surface area contributed by atoms with E-state index >= 15 is 0 Å². The predicted molar refractivity (Wildman–Crippen MR) is 111 cm³/mol. The molecule has 2 N–H and O–H groups in total. The zero-order valence-corrected chi connectivity index (χ0v) is 17.1. The Labute approximate surface area is 171 Å². The van der Waals surface area contributed by atoms with Crippen LogP contribution in [0.25, 0.3) is 10.8 Å². The van der Waals surface area contributed by atoms with E-state index < -0.39 is 18.1 Å². The van der Waals surface area contributed by atoms with Crippen LogP contribution >= 0.6 is 0 Å². The summed E-state index contributed by atoms with van der Waals surface area (Å²) in [5.41, 5.74) is 0.897. The second-order valence-electron chi connectivity index (χ2n) is 7.97. The van der Waals surface area contributed by atoms with Crippen molar-refractivity contribution in [1.29, 1.82) is 0 Å². The van der Waals surface area contributed by atoms with E-state index in [0.717, 1.165) is 29.2 Å². The lowest BCUT2D eigenvalue weighted by atomic mass is 10.0. The Morgan fingerprint density at radius 1 is 1.03 bits per heavy atom. The number of hydrogen-bond acceptors (Lipinski definition) is 4. The van der Waals surface area contributed by atoms with Crippen molar-refractivity contribution in [2.45, 2.75) is 58.2 Å². The minimum absolute atomic E-state index is 0.162. The van der Waals surface area contributed by atoms with Gasteiger partial charge in [0.1, 0.15) is 6.04 Å². The third kappa shape index (κ3) is 5.56. The Morgan fingerprint density at radius 3 is 2.41 bits per heavy atom. The number of hydrogen-bond donors (Lipinski definition) is 2. The largest absolute Gasteiger partial charge is 0.451 e. The maximum absolute atomic E-state index is 12.7. The van der Waals surface area contributed by atoms with Gasteiger partial charge in [-0.1, -0.05) is 56.3 Å². The molecule has 3 rings (SSSR count). The van der Waals surface area contributed by atoms with Crippen LogP contribution in [0.3, 0.4) is 0 Å². The SMILES string of the molecule is CC(C)[C@H](NC(=O)Cc1cccc2ccccc12)C(=O)O[C@H](C)C(=O)NC1CC1. The quantitative estimate of drug-likeness (QED) is 0.672. The van der Waals surface area contributed by atoms with E-state index in [9.17, 15) is 14.4 Å². The molecule has 1 aliphatic rings. The van der Waals surface area contributed by atoms with Gasteiger partial charge in [-0.2, -0.15) is 0 Å². The molecule has 2 aromatic carbocycles. The number of nitrogens with one attached hydrogen (secondary N) is 2. The Hall–Kier alpha value is -2.89. The van der Waals surface area contributed by atoms with E-state index in [0.29, 0.717) is 0 Å².